The Hall–Kier alpha value is -2.65. The van der Waals surface area contributed by atoms with Crippen molar-refractivity contribution in [1.82, 2.24) is 14.0 Å². The summed E-state index contributed by atoms with van der Waals surface area (Å²) in [4.78, 5) is 15.3. The number of nitrogens with one attached hydrogen (secondary N) is 1. The zero-order chi connectivity index (χ0) is 27.6. The molecule has 0 spiro atoms. The zero-order valence-corrected chi connectivity index (χ0v) is 21.5. The van der Waals surface area contributed by atoms with E-state index in [1.54, 1.807) is 37.3 Å². The van der Waals surface area contributed by atoms with Crippen molar-refractivity contribution >= 4 is 27.9 Å². The Kier molecular flexibility index (Phi) is 11.4. The van der Waals surface area contributed by atoms with E-state index in [1.165, 1.54) is 7.11 Å². The number of aromatic nitrogens is 1. The van der Waals surface area contributed by atoms with Gasteiger partial charge in [0.05, 0.1) is 31.4 Å². The summed E-state index contributed by atoms with van der Waals surface area (Å²) in [5.74, 6) is -0.359. The lowest BCUT2D eigenvalue weighted by Gasteiger charge is -2.25. The molecule has 0 aliphatic heterocycles. The summed E-state index contributed by atoms with van der Waals surface area (Å²) in [6.45, 7) is 1.28. The first-order chi connectivity index (χ1) is 17.3. The number of carbonyl (C=O) groups is 1. The summed E-state index contributed by atoms with van der Waals surface area (Å²) in [5.41, 5.74) is -0.652. The molecule has 1 aromatic heterocycles. The van der Waals surface area contributed by atoms with Crippen LogP contribution in [-0.2, 0) is 32.4 Å². The van der Waals surface area contributed by atoms with Crippen LogP contribution in [0.2, 0.25) is 5.02 Å². The molecule has 2 N–H and O–H groups in total. The monoisotopic (exact) mass is 569 g/mol. The highest BCUT2D eigenvalue weighted by molar-refractivity contribution is 7.87. The standard InChI is InChI=1S/C22H27ClF3N3O7S/c1-15(35-9-8-34-2)10-18(36-20-19(23)11-17(12-27-20)22(24,25)26)13-28-37(32,33)29(21(30)31)14-16-6-4-3-5-7-16/h3-7,11-12,15,18,28H,8-10,13-14H2,1-2H3,(H,30,31). The molecule has 0 radical (unpaired) electrons. The fraction of sp³-hybridized carbons (Fsp3) is 0.455. The number of rotatable bonds is 14. The molecular weight excluding hydrogens is 543 g/mol. The second-order valence-corrected chi connectivity index (χ2v) is 9.87. The maximum Gasteiger partial charge on any atom is 0.422 e. The van der Waals surface area contributed by atoms with Crippen LogP contribution in [0, 0.1) is 0 Å². The molecule has 10 nitrogen and oxygen atoms in total. The van der Waals surface area contributed by atoms with E-state index in [0.717, 1.165) is 0 Å². The molecule has 0 saturated heterocycles. The summed E-state index contributed by atoms with van der Waals surface area (Å²) < 4.78 is 82.9. The molecular formula is C22H27ClF3N3O7S. The lowest BCUT2D eigenvalue weighted by molar-refractivity contribution is -0.137. The Morgan fingerprint density at radius 2 is 1.92 bits per heavy atom. The van der Waals surface area contributed by atoms with Gasteiger partial charge in [-0.2, -0.15) is 30.6 Å². The number of nitrogens with zero attached hydrogens (tertiary/aromatic N) is 2. The van der Waals surface area contributed by atoms with Gasteiger partial charge in [-0.1, -0.05) is 41.9 Å². The summed E-state index contributed by atoms with van der Waals surface area (Å²) in [6, 6.07) is 8.72. The second-order valence-electron chi connectivity index (χ2n) is 7.79. The Labute approximate surface area is 217 Å². The van der Waals surface area contributed by atoms with Gasteiger partial charge in [0.15, 0.2) is 0 Å². The van der Waals surface area contributed by atoms with Crippen molar-refractivity contribution in [2.24, 2.45) is 0 Å². The van der Waals surface area contributed by atoms with E-state index in [9.17, 15) is 31.5 Å². The minimum atomic E-state index is -4.67. The minimum Gasteiger partial charge on any atom is -0.472 e. The number of alkyl halides is 3. The molecule has 0 saturated carbocycles. The van der Waals surface area contributed by atoms with Crippen molar-refractivity contribution in [2.45, 2.75) is 38.3 Å². The largest absolute Gasteiger partial charge is 0.472 e. The summed E-state index contributed by atoms with van der Waals surface area (Å²) in [7, 11) is -3.08. The number of benzene rings is 1. The number of carboxylic acid groups (broad SMARTS) is 1. The number of amides is 1. The molecule has 0 fully saturated rings. The van der Waals surface area contributed by atoms with Crippen molar-refractivity contribution in [1.29, 1.82) is 0 Å². The number of hydrogen-bond donors (Lipinski definition) is 2. The minimum absolute atomic E-state index is 0.0526. The van der Waals surface area contributed by atoms with Crippen LogP contribution in [0.5, 0.6) is 5.88 Å². The van der Waals surface area contributed by atoms with E-state index in [0.29, 0.717) is 24.4 Å². The van der Waals surface area contributed by atoms with Gasteiger partial charge in [0, 0.05) is 26.3 Å². The molecule has 2 rings (SSSR count). The van der Waals surface area contributed by atoms with Gasteiger partial charge in [-0.25, -0.2) is 9.78 Å². The molecule has 1 aromatic carbocycles. The fourth-order valence-corrected chi connectivity index (χ4v) is 4.34. The predicted octanol–water partition coefficient (Wildman–Crippen LogP) is 3.96. The fourth-order valence-electron chi connectivity index (χ4n) is 3.05. The van der Waals surface area contributed by atoms with Crippen molar-refractivity contribution in [3.05, 3.63) is 58.7 Å². The van der Waals surface area contributed by atoms with E-state index in [-0.39, 0.29) is 23.2 Å². The average Bonchev–Trinajstić information content (AvgIpc) is 2.82. The first kappa shape index (κ1) is 30.6. The van der Waals surface area contributed by atoms with Gasteiger partial charge < -0.3 is 19.3 Å². The normalized spacial score (nSPS) is 13.7. The van der Waals surface area contributed by atoms with Gasteiger partial charge in [0.1, 0.15) is 11.1 Å². The van der Waals surface area contributed by atoms with Crippen molar-refractivity contribution in [3.63, 3.8) is 0 Å². The van der Waals surface area contributed by atoms with Crippen LogP contribution in [0.1, 0.15) is 24.5 Å². The van der Waals surface area contributed by atoms with Gasteiger partial charge in [-0.15, -0.1) is 0 Å². The Morgan fingerprint density at radius 3 is 2.49 bits per heavy atom. The first-order valence-electron chi connectivity index (χ1n) is 10.9. The Balaban J connectivity index is 2.20. The van der Waals surface area contributed by atoms with Crippen LogP contribution in [0.25, 0.3) is 0 Å². The summed E-state index contributed by atoms with van der Waals surface area (Å²) >= 11 is 5.93. The molecule has 1 heterocycles. The highest BCUT2D eigenvalue weighted by Crippen LogP contribution is 2.33. The van der Waals surface area contributed by atoms with E-state index in [4.69, 9.17) is 25.8 Å². The van der Waals surface area contributed by atoms with E-state index in [2.05, 4.69) is 9.71 Å². The smallest absolute Gasteiger partial charge is 0.422 e. The SMILES string of the molecule is COCCOC(C)CC(CNS(=O)(=O)N(Cc1ccccc1)C(=O)O)Oc1ncc(C(F)(F)F)cc1Cl. The zero-order valence-electron chi connectivity index (χ0n) is 19.9. The third kappa shape index (κ3) is 9.97. The van der Waals surface area contributed by atoms with Gasteiger partial charge in [-0.3, -0.25) is 0 Å². The third-order valence-corrected chi connectivity index (χ3v) is 6.53. The first-order valence-corrected chi connectivity index (χ1v) is 12.7. The molecule has 1 amide bonds. The maximum absolute atomic E-state index is 12.9. The predicted molar refractivity (Wildman–Crippen MR) is 128 cm³/mol. The van der Waals surface area contributed by atoms with Crippen LogP contribution >= 0.6 is 11.6 Å². The lowest BCUT2D eigenvalue weighted by Crippen LogP contribution is -2.47. The number of ether oxygens (including phenoxy) is 3. The molecule has 15 heteroatoms. The summed E-state index contributed by atoms with van der Waals surface area (Å²) in [6.07, 6.45) is -7.34. The Bertz CT molecular complexity index is 1120. The number of pyridine rings is 1. The van der Waals surface area contributed by atoms with Crippen LogP contribution in [0.4, 0.5) is 18.0 Å². The van der Waals surface area contributed by atoms with Crippen molar-refractivity contribution in [3.8, 4) is 5.88 Å². The third-order valence-electron chi connectivity index (χ3n) is 4.86. The molecule has 2 aromatic rings. The topological polar surface area (TPSA) is 127 Å². The van der Waals surface area contributed by atoms with Crippen molar-refractivity contribution < 1.29 is 45.7 Å². The average molecular weight is 570 g/mol. The van der Waals surface area contributed by atoms with Crippen LogP contribution in [0.3, 0.4) is 0 Å². The molecule has 37 heavy (non-hydrogen) atoms. The van der Waals surface area contributed by atoms with Gasteiger partial charge in [0.25, 0.3) is 0 Å². The molecule has 0 aliphatic rings. The number of hydrogen-bond acceptors (Lipinski definition) is 7. The highest BCUT2D eigenvalue weighted by Gasteiger charge is 2.33. The molecule has 206 valence electrons. The van der Waals surface area contributed by atoms with Crippen LogP contribution in [0.15, 0.2) is 42.6 Å². The summed E-state index contributed by atoms with van der Waals surface area (Å²) in [5, 5.41) is 9.05. The van der Waals surface area contributed by atoms with E-state index >= 15 is 0 Å². The lowest BCUT2D eigenvalue weighted by atomic mass is 10.2. The van der Waals surface area contributed by atoms with Gasteiger partial charge in [0.2, 0.25) is 5.88 Å². The quantitative estimate of drug-likeness (QED) is 0.327. The van der Waals surface area contributed by atoms with E-state index < -0.39 is 58.4 Å². The second kappa shape index (κ2) is 13.8. The number of halogens is 4. The maximum atomic E-state index is 12.9. The molecule has 2 unspecified atom stereocenters. The van der Waals surface area contributed by atoms with Crippen LogP contribution < -0.4 is 9.46 Å². The Morgan fingerprint density at radius 1 is 1.24 bits per heavy atom. The van der Waals surface area contributed by atoms with Crippen molar-refractivity contribution in [2.75, 3.05) is 26.9 Å². The molecule has 2 atom stereocenters. The molecule has 0 aliphatic carbocycles. The number of methoxy groups -OCH3 is 1. The highest BCUT2D eigenvalue weighted by atomic mass is 35.5. The molecule has 0 bridgehead atoms. The van der Waals surface area contributed by atoms with Gasteiger partial charge >= 0.3 is 22.5 Å². The van der Waals surface area contributed by atoms with E-state index in [1.807, 2.05) is 0 Å². The van der Waals surface area contributed by atoms with Crippen LogP contribution in [-0.4, -0.2) is 68.0 Å². The van der Waals surface area contributed by atoms with Gasteiger partial charge in [-0.05, 0) is 18.6 Å².